The summed E-state index contributed by atoms with van der Waals surface area (Å²) >= 11 is 0. The van der Waals surface area contributed by atoms with Crippen LogP contribution >= 0.6 is 0 Å². The Morgan fingerprint density at radius 3 is 2.37 bits per heavy atom. The van der Waals surface area contributed by atoms with E-state index in [9.17, 15) is 13.2 Å². The first-order chi connectivity index (χ1) is 12.8. The van der Waals surface area contributed by atoms with Crippen LogP contribution < -0.4 is 11.1 Å². The van der Waals surface area contributed by atoms with Gasteiger partial charge in [-0.05, 0) is 37.1 Å². The molecule has 0 spiro atoms. The molecule has 3 N–H and O–H groups in total. The third-order valence-corrected chi connectivity index (χ3v) is 6.57. The molecule has 3 aromatic rings. The molecule has 7 nitrogen and oxygen atoms in total. The maximum Gasteiger partial charge on any atom is 0.244 e. The minimum absolute atomic E-state index is 0.0907. The van der Waals surface area contributed by atoms with E-state index in [0.29, 0.717) is 16.6 Å². The lowest BCUT2D eigenvalue weighted by Gasteiger charge is -2.17. The summed E-state index contributed by atoms with van der Waals surface area (Å²) in [6.45, 7) is 3.17. The third kappa shape index (κ3) is 3.28. The van der Waals surface area contributed by atoms with Crippen molar-refractivity contribution in [1.29, 1.82) is 0 Å². The predicted molar refractivity (Wildman–Crippen MR) is 106 cm³/mol. The molecule has 0 radical (unpaired) electrons. The SMILES string of the molecule is CNC(=O)C(c1ccccc1)c1ccc2nc(N)n(S(=O)(=O)C(C)C)c2c1. The number of likely N-dealkylation sites (N-methyl/N-ethyl adjacent to an activating group) is 1. The van der Waals surface area contributed by atoms with Gasteiger partial charge in [0.2, 0.25) is 21.9 Å². The average molecular weight is 386 g/mol. The summed E-state index contributed by atoms with van der Waals surface area (Å²) in [5, 5.41) is 2.01. The van der Waals surface area contributed by atoms with Gasteiger partial charge in [0.25, 0.3) is 0 Å². The number of amides is 1. The number of nitrogen functional groups attached to an aromatic ring is 1. The first-order valence-corrected chi connectivity index (χ1v) is 10.1. The Kier molecular flexibility index (Phi) is 4.93. The Hall–Kier alpha value is -2.87. The zero-order chi connectivity index (χ0) is 19.8. The molecule has 8 heteroatoms. The van der Waals surface area contributed by atoms with Crippen LogP contribution in [-0.4, -0.2) is 35.6 Å². The van der Waals surface area contributed by atoms with Gasteiger partial charge in [-0.1, -0.05) is 36.4 Å². The molecule has 1 aromatic heterocycles. The molecule has 142 valence electrons. The van der Waals surface area contributed by atoms with E-state index in [4.69, 9.17) is 5.73 Å². The van der Waals surface area contributed by atoms with E-state index in [1.54, 1.807) is 39.1 Å². The highest BCUT2D eigenvalue weighted by molar-refractivity contribution is 7.90. The number of hydrogen-bond acceptors (Lipinski definition) is 5. The van der Waals surface area contributed by atoms with Crippen LogP contribution in [-0.2, 0) is 14.8 Å². The number of anilines is 1. The number of nitrogens with one attached hydrogen (secondary N) is 1. The number of nitrogens with two attached hydrogens (primary N) is 1. The molecule has 27 heavy (non-hydrogen) atoms. The third-order valence-electron chi connectivity index (χ3n) is 4.49. The number of nitrogens with zero attached hydrogens (tertiary/aromatic N) is 2. The van der Waals surface area contributed by atoms with Gasteiger partial charge in [0, 0.05) is 7.05 Å². The number of carbonyl (C=O) groups is 1. The summed E-state index contributed by atoms with van der Waals surface area (Å²) in [7, 11) is -2.12. The van der Waals surface area contributed by atoms with E-state index < -0.39 is 21.2 Å². The molecular weight excluding hydrogens is 364 g/mol. The maximum atomic E-state index is 12.7. The summed E-state index contributed by atoms with van der Waals surface area (Å²) in [4.78, 5) is 16.7. The van der Waals surface area contributed by atoms with Crippen LogP contribution in [0.2, 0.25) is 0 Å². The van der Waals surface area contributed by atoms with Crippen LogP contribution in [0.1, 0.15) is 30.9 Å². The van der Waals surface area contributed by atoms with Crippen LogP contribution in [0.25, 0.3) is 11.0 Å². The minimum Gasteiger partial charge on any atom is -0.368 e. The Morgan fingerprint density at radius 2 is 1.78 bits per heavy atom. The summed E-state index contributed by atoms with van der Waals surface area (Å²) in [5.41, 5.74) is 8.19. The van der Waals surface area contributed by atoms with Gasteiger partial charge in [-0.25, -0.2) is 17.4 Å². The molecule has 0 bridgehead atoms. The van der Waals surface area contributed by atoms with E-state index in [-0.39, 0.29) is 11.9 Å². The quantitative estimate of drug-likeness (QED) is 0.698. The van der Waals surface area contributed by atoms with Crippen molar-refractivity contribution in [2.75, 3.05) is 12.8 Å². The number of carbonyl (C=O) groups excluding carboxylic acids is 1. The summed E-state index contributed by atoms with van der Waals surface area (Å²) in [5.74, 6) is -0.856. The maximum absolute atomic E-state index is 12.7. The molecule has 0 saturated heterocycles. The van der Waals surface area contributed by atoms with Crippen molar-refractivity contribution in [1.82, 2.24) is 14.3 Å². The second-order valence-corrected chi connectivity index (χ2v) is 8.87. The molecule has 3 rings (SSSR count). The summed E-state index contributed by atoms with van der Waals surface area (Å²) in [6, 6.07) is 14.4. The largest absolute Gasteiger partial charge is 0.368 e. The van der Waals surface area contributed by atoms with Crippen molar-refractivity contribution in [2.24, 2.45) is 0 Å². The zero-order valence-corrected chi connectivity index (χ0v) is 16.2. The fraction of sp³-hybridized carbons (Fsp3) is 0.263. The standard InChI is InChI=1S/C19H22N4O3S/c1-12(2)27(25,26)23-16-11-14(9-10-15(16)22-19(23)20)17(18(24)21-3)13-7-5-4-6-8-13/h4-12,17H,1-3H3,(H2,20,22)(H,21,24). The van der Waals surface area contributed by atoms with Gasteiger partial charge in [0.15, 0.2) is 0 Å². The smallest absolute Gasteiger partial charge is 0.244 e. The number of hydrogen-bond donors (Lipinski definition) is 2. The molecule has 0 aliphatic rings. The first-order valence-electron chi connectivity index (χ1n) is 8.56. The van der Waals surface area contributed by atoms with Gasteiger partial charge in [-0.2, -0.15) is 0 Å². The van der Waals surface area contributed by atoms with E-state index in [1.807, 2.05) is 30.3 Å². The Bertz CT molecular complexity index is 1090. The van der Waals surface area contributed by atoms with Crippen LogP contribution in [0.5, 0.6) is 0 Å². The number of rotatable bonds is 5. The Labute approximate surface area is 158 Å². The van der Waals surface area contributed by atoms with E-state index in [1.165, 1.54) is 0 Å². The topological polar surface area (TPSA) is 107 Å². The molecule has 1 amide bonds. The molecule has 0 fully saturated rings. The van der Waals surface area contributed by atoms with Crippen molar-refractivity contribution < 1.29 is 13.2 Å². The van der Waals surface area contributed by atoms with Crippen LogP contribution in [0.4, 0.5) is 5.95 Å². The summed E-state index contributed by atoms with van der Waals surface area (Å²) in [6.07, 6.45) is 0. The number of fused-ring (bicyclic) bond motifs is 1. The van der Waals surface area contributed by atoms with Gasteiger partial charge >= 0.3 is 0 Å². The van der Waals surface area contributed by atoms with Crippen LogP contribution in [0.15, 0.2) is 48.5 Å². The highest BCUT2D eigenvalue weighted by Crippen LogP contribution is 2.30. The zero-order valence-electron chi connectivity index (χ0n) is 15.4. The van der Waals surface area contributed by atoms with Gasteiger partial charge < -0.3 is 11.1 Å². The number of benzene rings is 2. The highest BCUT2D eigenvalue weighted by Gasteiger charge is 2.27. The van der Waals surface area contributed by atoms with Crippen molar-refractivity contribution >= 4 is 32.9 Å². The molecule has 1 unspecified atom stereocenters. The van der Waals surface area contributed by atoms with Crippen LogP contribution in [0, 0.1) is 0 Å². The van der Waals surface area contributed by atoms with Gasteiger partial charge in [-0.15, -0.1) is 0 Å². The number of imidazole rings is 1. The van der Waals surface area contributed by atoms with Crippen molar-refractivity contribution in [3.05, 3.63) is 59.7 Å². The molecule has 1 atom stereocenters. The molecule has 0 aliphatic carbocycles. The molecule has 0 aliphatic heterocycles. The van der Waals surface area contributed by atoms with Gasteiger partial charge in [0.1, 0.15) is 0 Å². The Balaban J connectivity index is 2.25. The lowest BCUT2D eigenvalue weighted by atomic mass is 9.90. The summed E-state index contributed by atoms with van der Waals surface area (Å²) < 4.78 is 26.5. The fourth-order valence-electron chi connectivity index (χ4n) is 3.03. The molecule has 0 saturated carbocycles. The highest BCUT2D eigenvalue weighted by atomic mass is 32.2. The van der Waals surface area contributed by atoms with E-state index in [0.717, 1.165) is 9.54 Å². The number of aromatic nitrogens is 2. The van der Waals surface area contributed by atoms with E-state index in [2.05, 4.69) is 10.3 Å². The average Bonchev–Trinajstić information content (AvgIpc) is 2.98. The van der Waals surface area contributed by atoms with E-state index >= 15 is 0 Å². The van der Waals surface area contributed by atoms with Gasteiger partial charge in [0.05, 0.1) is 22.2 Å². The Morgan fingerprint density at radius 1 is 1.11 bits per heavy atom. The minimum atomic E-state index is -3.70. The monoisotopic (exact) mass is 386 g/mol. The lowest BCUT2D eigenvalue weighted by molar-refractivity contribution is -0.121. The van der Waals surface area contributed by atoms with Crippen molar-refractivity contribution in [2.45, 2.75) is 25.0 Å². The first kappa shape index (κ1) is 18.9. The normalized spacial score (nSPS) is 13.0. The lowest BCUT2D eigenvalue weighted by Crippen LogP contribution is -2.27. The molecule has 1 heterocycles. The van der Waals surface area contributed by atoms with Crippen LogP contribution in [0.3, 0.4) is 0 Å². The van der Waals surface area contributed by atoms with Crippen molar-refractivity contribution in [3.8, 4) is 0 Å². The fourth-order valence-corrected chi connectivity index (χ4v) is 4.18. The van der Waals surface area contributed by atoms with Gasteiger partial charge in [-0.3, -0.25) is 4.79 Å². The second kappa shape index (κ2) is 7.03. The molecule has 2 aromatic carbocycles. The molecular formula is C19H22N4O3S. The second-order valence-electron chi connectivity index (χ2n) is 6.53. The van der Waals surface area contributed by atoms with Crippen molar-refractivity contribution in [3.63, 3.8) is 0 Å². The predicted octanol–water partition coefficient (Wildman–Crippen LogP) is 2.08.